The molecule has 0 atom stereocenters. The Kier molecular flexibility index (Phi) is 5.90. The predicted molar refractivity (Wildman–Crippen MR) is 105 cm³/mol. The van der Waals surface area contributed by atoms with E-state index < -0.39 is 23.1 Å². The second kappa shape index (κ2) is 8.53. The summed E-state index contributed by atoms with van der Waals surface area (Å²) in [5.74, 6) is 3.88. The van der Waals surface area contributed by atoms with Gasteiger partial charge in [0.2, 0.25) is 0 Å². The predicted octanol–water partition coefficient (Wildman–Crippen LogP) is 5.91. The number of thiocarbonyl (C=S) groups is 1. The third kappa shape index (κ3) is 4.29. The molecule has 3 aromatic carbocycles. The van der Waals surface area contributed by atoms with Crippen molar-refractivity contribution in [3.8, 4) is 28.7 Å². The molecule has 28 heavy (non-hydrogen) atoms. The van der Waals surface area contributed by atoms with Gasteiger partial charge >= 0.3 is 0 Å². The molecule has 0 aliphatic rings. The van der Waals surface area contributed by atoms with Crippen LogP contribution in [0.3, 0.4) is 0 Å². The fraction of sp³-hybridized carbons (Fsp3) is 0.0455. The monoisotopic (exact) mass is 395 g/mol. The standard InChI is InChI=1S/C22H12F3NOS/c1-27-18-9-8-16(19(23)12-18)7-4-14-2-5-15(6-3-14)17-10-20(24)22(26-13-28)21(25)11-17/h2-3,5-6,8-12H,1H3. The molecule has 0 spiro atoms. The summed E-state index contributed by atoms with van der Waals surface area (Å²) in [5.41, 5.74) is 1.34. The van der Waals surface area contributed by atoms with Gasteiger partial charge in [-0.3, -0.25) is 0 Å². The highest BCUT2D eigenvalue weighted by atomic mass is 32.1. The quantitative estimate of drug-likeness (QED) is 0.312. The lowest BCUT2D eigenvalue weighted by Crippen LogP contribution is -1.88. The highest BCUT2D eigenvalue weighted by Gasteiger charge is 2.11. The van der Waals surface area contributed by atoms with E-state index in [-0.39, 0.29) is 5.56 Å². The minimum absolute atomic E-state index is 0.240. The number of aliphatic imine (C=N–C) groups is 1. The minimum atomic E-state index is -0.828. The number of halogens is 3. The molecule has 0 aromatic heterocycles. The molecule has 3 aromatic rings. The first kappa shape index (κ1) is 19.4. The zero-order valence-electron chi connectivity index (χ0n) is 14.6. The first-order chi connectivity index (χ1) is 13.5. The van der Waals surface area contributed by atoms with Gasteiger partial charge in [0.25, 0.3) is 0 Å². The van der Waals surface area contributed by atoms with Crippen LogP contribution in [0.15, 0.2) is 59.6 Å². The van der Waals surface area contributed by atoms with Crippen LogP contribution in [0.2, 0.25) is 0 Å². The van der Waals surface area contributed by atoms with E-state index in [0.29, 0.717) is 22.4 Å². The molecule has 0 saturated heterocycles. The molecule has 3 rings (SSSR count). The van der Waals surface area contributed by atoms with Gasteiger partial charge in [0.15, 0.2) is 11.6 Å². The largest absolute Gasteiger partial charge is 0.497 e. The van der Waals surface area contributed by atoms with Crippen LogP contribution in [0.5, 0.6) is 5.75 Å². The number of hydrogen-bond donors (Lipinski definition) is 0. The normalized spacial score (nSPS) is 9.86. The molecule has 0 amide bonds. The van der Waals surface area contributed by atoms with E-state index >= 15 is 0 Å². The maximum atomic E-state index is 14.0. The molecule has 0 unspecified atom stereocenters. The van der Waals surface area contributed by atoms with E-state index in [1.807, 2.05) is 5.16 Å². The van der Waals surface area contributed by atoms with Crippen molar-refractivity contribution in [3.63, 3.8) is 0 Å². The number of rotatable bonds is 3. The summed E-state index contributed by atoms with van der Waals surface area (Å²) < 4.78 is 46.8. The molecule has 0 heterocycles. The Balaban J connectivity index is 1.86. The Labute approximate surface area is 165 Å². The Bertz CT molecular complexity index is 1120. The Hall–Kier alpha value is -3.39. The maximum Gasteiger partial charge on any atom is 0.153 e. The van der Waals surface area contributed by atoms with E-state index in [0.717, 1.165) is 0 Å². The fourth-order valence-electron chi connectivity index (χ4n) is 2.49. The average Bonchev–Trinajstić information content (AvgIpc) is 2.70. The Morgan fingerprint density at radius 3 is 2.07 bits per heavy atom. The second-order valence-corrected chi connectivity index (χ2v) is 5.85. The Morgan fingerprint density at radius 2 is 1.50 bits per heavy atom. The van der Waals surface area contributed by atoms with Crippen molar-refractivity contribution in [3.05, 3.63) is 83.2 Å². The van der Waals surface area contributed by atoms with Crippen molar-refractivity contribution in [1.29, 1.82) is 0 Å². The van der Waals surface area contributed by atoms with Gasteiger partial charge in [-0.2, -0.15) is 4.99 Å². The van der Waals surface area contributed by atoms with Gasteiger partial charge in [-0.05, 0) is 59.7 Å². The van der Waals surface area contributed by atoms with E-state index in [4.69, 9.17) is 4.74 Å². The van der Waals surface area contributed by atoms with Crippen LogP contribution in [-0.2, 0) is 0 Å². The van der Waals surface area contributed by atoms with Crippen LogP contribution in [0.1, 0.15) is 11.1 Å². The van der Waals surface area contributed by atoms with Gasteiger partial charge in [0.1, 0.15) is 17.3 Å². The van der Waals surface area contributed by atoms with Gasteiger partial charge in [0, 0.05) is 11.6 Å². The van der Waals surface area contributed by atoms with Crippen LogP contribution in [0.25, 0.3) is 11.1 Å². The highest BCUT2D eigenvalue weighted by molar-refractivity contribution is 7.78. The Morgan fingerprint density at radius 1 is 0.821 bits per heavy atom. The van der Waals surface area contributed by atoms with Crippen molar-refractivity contribution in [1.82, 2.24) is 0 Å². The van der Waals surface area contributed by atoms with Crippen LogP contribution in [0, 0.1) is 29.3 Å². The molecule has 0 N–H and O–H groups in total. The van der Waals surface area contributed by atoms with Crippen molar-refractivity contribution in [2.45, 2.75) is 0 Å². The molecular weight excluding hydrogens is 383 g/mol. The summed E-state index contributed by atoms with van der Waals surface area (Å²) in [6.07, 6.45) is 0. The average molecular weight is 395 g/mol. The third-order valence-corrected chi connectivity index (χ3v) is 4.00. The molecule has 2 nitrogen and oxygen atoms in total. The van der Waals surface area contributed by atoms with E-state index in [2.05, 4.69) is 29.1 Å². The number of benzene rings is 3. The molecule has 138 valence electrons. The maximum absolute atomic E-state index is 14.0. The molecule has 0 aliphatic carbocycles. The van der Waals surface area contributed by atoms with Crippen LogP contribution in [-0.4, -0.2) is 12.3 Å². The van der Waals surface area contributed by atoms with Crippen LogP contribution in [0.4, 0.5) is 18.9 Å². The molecule has 0 fully saturated rings. The van der Waals surface area contributed by atoms with Crippen molar-refractivity contribution in [2.75, 3.05) is 7.11 Å². The van der Waals surface area contributed by atoms with E-state index in [9.17, 15) is 13.2 Å². The summed E-state index contributed by atoms with van der Waals surface area (Å²) in [5, 5.41) is 1.95. The minimum Gasteiger partial charge on any atom is -0.497 e. The molecule has 0 saturated carbocycles. The molecule has 6 heteroatoms. The first-order valence-corrected chi connectivity index (χ1v) is 8.45. The number of nitrogens with zero attached hydrogens (tertiary/aromatic N) is 1. The van der Waals surface area contributed by atoms with E-state index in [1.165, 1.54) is 31.4 Å². The summed E-state index contributed by atoms with van der Waals surface area (Å²) in [4.78, 5) is 3.38. The number of isothiocyanates is 1. The lowest BCUT2D eigenvalue weighted by molar-refractivity contribution is 0.411. The topological polar surface area (TPSA) is 21.6 Å². The van der Waals surface area contributed by atoms with Crippen LogP contribution < -0.4 is 4.74 Å². The smallest absolute Gasteiger partial charge is 0.153 e. The first-order valence-electron chi connectivity index (χ1n) is 8.04. The lowest BCUT2D eigenvalue weighted by Gasteiger charge is -2.05. The summed E-state index contributed by atoms with van der Waals surface area (Å²) in [6.45, 7) is 0. The molecular formula is C22H12F3NOS. The van der Waals surface area contributed by atoms with Gasteiger partial charge in [-0.1, -0.05) is 24.0 Å². The summed E-state index contributed by atoms with van der Waals surface area (Å²) in [6, 6.07) is 13.5. The SMILES string of the molecule is COc1ccc(C#Cc2ccc(-c3cc(F)c(N=C=S)c(F)c3)cc2)c(F)c1. The third-order valence-electron chi connectivity index (χ3n) is 3.91. The number of hydrogen-bond acceptors (Lipinski definition) is 3. The summed E-state index contributed by atoms with van der Waals surface area (Å²) >= 11 is 4.38. The fourth-order valence-corrected chi connectivity index (χ4v) is 2.59. The van der Waals surface area contributed by atoms with Gasteiger partial charge in [0.05, 0.1) is 17.8 Å². The number of methoxy groups -OCH3 is 1. The lowest BCUT2D eigenvalue weighted by atomic mass is 10.0. The van der Waals surface area contributed by atoms with Crippen molar-refractivity contribution in [2.24, 2.45) is 4.99 Å². The summed E-state index contributed by atoms with van der Waals surface area (Å²) in [7, 11) is 1.46. The van der Waals surface area contributed by atoms with Crippen molar-refractivity contribution >= 4 is 23.1 Å². The highest BCUT2D eigenvalue weighted by Crippen LogP contribution is 2.29. The zero-order valence-corrected chi connectivity index (χ0v) is 15.4. The van der Waals surface area contributed by atoms with Crippen molar-refractivity contribution < 1.29 is 17.9 Å². The van der Waals surface area contributed by atoms with Gasteiger partial charge in [-0.15, -0.1) is 0 Å². The zero-order chi connectivity index (χ0) is 20.1. The van der Waals surface area contributed by atoms with Gasteiger partial charge in [-0.25, -0.2) is 13.2 Å². The molecule has 0 aliphatic heterocycles. The molecule has 0 radical (unpaired) electrons. The number of ether oxygens (including phenoxy) is 1. The van der Waals surface area contributed by atoms with Crippen LogP contribution >= 0.6 is 12.2 Å². The van der Waals surface area contributed by atoms with E-state index in [1.54, 1.807) is 30.3 Å². The molecule has 0 bridgehead atoms. The van der Waals surface area contributed by atoms with Gasteiger partial charge < -0.3 is 4.74 Å². The second-order valence-electron chi connectivity index (χ2n) is 5.66.